The lowest BCUT2D eigenvalue weighted by Gasteiger charge is -2.01. The van der Waals surface area contributed by atoms with Crippen molar-refractivity contribution in [3.63, 3.8) is 0 Å². The van der Waals surface area contributed by atoms with E-state index in [9.17, 15) is 14.7 Å². The normalized spacial score (nSPS) is 10.9. The van der Waals surface area contributed by atoms with Crippen molar-refractivity contribution in [3.05, 3.63) is 38.9 Å². The molecule has 1 amide bonds. The highest BCUT2D eigenvalue weighted by Gasteiger charge is 2.18. The highest BCUT2D eigenvalue weighted by atomic mass is 32.1. The molecule has 0 spiro atoms. The summed E-state index contributed by atoms with van der Waals surface area (Å²) in [6.07, 6.45) is 0.746. The van der Waals surface area contributed by atoms with E-state index >= 15 is 0 Å². The first-order valence-electron chi connectivity index (χ1n) is 6.23. The van der Waals surface area contributed by atoms with Crippen LogP contribution in [-0.4, -0.2) is 17.0 Å². The topological polar surface area (TPSA) is 66.4 Å². The van der Waals surface area contributed by atoms with Crippen LogP contribution >= 0.6 is 34.0 Å². The van der Waals surface area contributed by atoms with Gasteiger partial charge in [-0.25, -0.2) is 4.79 Å². The number of aromatic carboxylic acids is 1. The van der Waals surface area contributed by atoms with Crippen LogP contribution in [0.4, 0.5) is 5.00 Å². The molecule has 3 aromatic rings. The lowest BCUT2D eigenvalue weighted by atomic mass is 10.2. The van der Waals surface area contributed by atoms with E-state index in [0.29, 0.717) is 9.88 Å². The summed E-state index contributed by atoms with van der Waals surface area (Å²) in [6, 6.07) is 5.44. The van der Waals surface area contributed by atoms with E-state index in [1.807, 2.05) is 24.4 Å². The molecule has 0 unspecified atom stereocenters. The lowest BCUT2D eigenvalue weighted by Crippen LogP contribution is -2.11. The van der Waals surface area contributed by atoms with E-state index in [1.54, 1.807) is 17.4 Å². The maximum absolute atomic E-state index is 12.3. The maximum atomic E-state index is 12.3. The number of amides is 1. The van der Waals surface area contributed by atoms with Crippen LogP contribution in [0.2, 0.25) is 0 Å². The zero-order valence-electron chi connectivity index (χ0n) is 11.0. The number of carboxylic acid groups (broad SMARTS) is 1. The molecule has 0 saturated carbocycles. The fourth-order valence-corrected chi connectivity index (χ4v) is 4.90. The summed E-state index contributed by atoms with van der Waals surface area (Å²) in [5, 5.41) is 14.3. The van der Waals surface area contributed by atoms with Gasteiger partial charge in [-0.15, -0.1) is 34.0 Å². The minimum absolute atomic E-state index is 0.156. The van der Waals surface area contributed by atoms with E-state index in [4.69, 9.17) is 0 Å². The van der Waals surface area contributed by atoms with E-state index in [0.717, 1.165) is 20.7 Å². The second-order valence-electron chi connectivity index (χ2n) is 4.33. The largest absolute Gasteiger partial charge is 0.478 e. The van der Waals surface area contributed by atoms with Gasteiger partial charge in [0.05, 0.1) is 10.4 Å². The number of aryl methyl sites for hydroxylation is 1. The molecule has 2 N–H and O–H groups in total. The third-order valence-corrected chi connectivity index (χ3v) is 6.24. The van der Waals surface area contributed by atoms with Crippen molar-refractivity contribution in [3.8, 4) is 0 Å². The molecular formula is C14H11NO3S3. The lowest BCUT2D eigenvalue weighted by molar-refractivity contribution is 0.0698. The average molecular weight is 337 g/mol. The quantitative estimate of drug-likeness (QED) is 0.734. The molecule has 0 aliphatic carbocycles. The van der Waals surface area contributed by atoms with E-state index in [-0.39, 0.29) is 11.5 Å². The molecule has 0 fully saturated rings. The molecule has 0 saturated heterocycles. The van der Waals surface area contributed by atoms with Gasteiger partial charge < -0.3 is 10.4 Å². The maximum Gasteiger partial charge on any atom is 0.338 e. The smallest absolute Gasteiger partial charge is 0.338 e. The van der Waals surface area contributed by atoms with Gasteiger partial charge in [0.2, 0.25) is 0 Å². The Morgan fingerprint density at radius 2 is 2.05 bits per heavy atom. The highest BCUT2D eigenvalue weighted by Crippen LogP contribution is 2.32. The van der Waals surface area contributed by atoms with E-state index in [1.165, 1.54) is 22.7 Å². The molecule has 3 heterocycles. The van der Waals surface area contributed by atoms with Gasteiger partial charge in [0.25, 0.3) is 5.91 Å². The first kappa shape index (κ1) is 14.2. The molecule has 0 bridgehead atoms. The number of anilines is 1. The number of rotatable bonds is 4. The van der Waals surface area contributed by atoms with Crippen molar-refractivity contribution < 1.29 is 14.7 Å². The molecule has 3 aromatic heterocycles. The molecule has 0 aromatic carbocycles. The van der Waals surface area contributed by atoms with Gasteiger partial charge in [-0.2, -0.15) is 0 Å². The van der Waals surface area contributed by atoms with Crippen molar-refractivity contribution >= 4 is 60.3 Å². The molecule has 108 valence electrons. The fraction of sp³-hybridized carbons (Fsp3) is 0.143. The summed E-state index contributed by atoms with van der Waals surface area (Å²) in [6.45, 7) is 1.95. The van der Waals surface area contributed by atoms with Gasteiger partial charge in [-0.3, -0.25) is 4.79 Å². The number of hydrogen-bond donors (Lipinski definition) is 2. The van der Waals surface area contributed by atoms with Crippen LogP contribution in [0.15, 0.2) is 23.6 Å². The van der Waals surface area contributed by atoms with Crippen LogP contribution in [0.25, 0.3) is 9.40 Å². The first-order valence-corrected chi connectivity index (χ1v) is 8.74. The van der Waals surface area contributed by atoms with Gasteiger partial charge in [-0.1, -0.05) is 6.92 Å². The summed E-state index contributed by atoms with van der Waals surface area (Å²) < 4.78 is 2.15. The second-order valence-corrected chi connectivity index (χ2v) is 7.50. The fourth-order valence-electron chi connectivity index (χ4n) is 1.91. The molecule has 0 radical (unpaired) electrons. The predicted octanol–water partition coefficient (Wildman–Crippen LogP) is 4.54. The summed E-state index contributed by atoms with van der Waals surface area (Å²) in [7, 11) is 0. The highest BCUT2D eigenvalue weighted by molar-refractivity contribution is 7.28. The standard InChI is InChI=1S/C14H11NO3S3/c1-2-7-5-8(14(17)18)13(20-7)15-12(16)11-6-10-9(21-11)3-4-19-10/h3-6H,2H2,1H3,(H,15,16)(H,17,18). The number of carboxylic acids is 1. The Labute approximate surface area is 132 Å². The van der Waals surface area contributed by atoms with Gasteiger partial charge in [-0.05, 0) is 30.0 Å². The third-order valence-electron chi connectivity index (χ3n) is 2.95. The van der Waals surface area contributed by atoms with Crippen LogP contribution in [0, 0.1) is 0 Å². The number of nitrogens with one attached hydrogen (secondary N) is 1. The van der Waals surface area contributed by atoms with Crippen molar-refractivity contribution in [2.75, 3.05) is 5.32 Å². The van der Waals surface area contributed by atoms with Crippen LogP contribution < -0.4 is 5.32 Å². The Hall–Kier alpha value is -1.70. The summed E-state index contributed by atoms with van der Waals surface area (Å²) in [5.74, 6) is -1.27. The van der Waals surface area contributed by atoms with Crippen molar-refractivity contribution in [2.24, 2.45) is 0 Å². The SMILES string of the molecule is CCc1cc(C(=O)O)c(NC(=O)c2cc3sccc3s2)s1. The van der Waals surface area contributed by atoms with Crippen LogP contribution in [0.5, 0.6) is 0 Å². The van der Waals surface area contributed by atoms with Crippen molar-refractivity contribution in [1.82, 2.24) is 0 Å². The molecule has 0 aliphatic rings. The number of carbonyl (C=O) groups is 2. The number of thiophene rings is 3. The second kappa shape index (κ2) is 5.59. The summed E-state index contributed by atoms with van der Waals surface area (Å²) in [4.78, 5) is 25.0. The van der Waals surface area contributed by atoms with Gasteiger partial charge >= 0.3 is 5.97 Å². The van der Waals surface area contributed by atoms with Crippen molar-refractivity contribution in [2.45, 2.75) is 13.3 Å². The van der Waals surface area contributed by atoms with Gasteiger partial charge in [0, 0.05) is 14.3 Å². The Morgan fingerprint density at radius 3 is 2.71 bits per heavy atom. The number of hydrogen-bond acceptors (Lipinski definition) is 5. The molecule has 7 heteroatoms. The van der Waals surface area contributed by atoms with Crippen LogP contribution in [0.3, 0.4) is 0 Å². The molecular weight excluding hydrogens is 326 g/mol. The van der Waals surface area contributed by atoms with Gasteiger partial charge in [0.15, 0.2) is 0 Å². The van der Waals surface area contributed by atoms with Gasteiger partial charge in [0.1, 0.15) is 5.00 Å². The van der Waals surface area contributed by atoms with E-state index < -0.39 is 5.97 Å². The van der Waals surface area contributed by atoms with E-state index in [2.05, 4.69) is 5.32 Å². The zero-order chi connectivity index (χ0) is 15.0. The molecule has 21 heavy (non-hydrogen) atoms. The minimum atomic E-state index is -1.02. The molecule has 0 atom stereocenters. The summed E-state index contributed by atoms with van der Waals surface area (Å²) >= 11 is 4.31. The first-order chi connectivity index (χ1) is 10.1. The third kappa shape index (κ3) is 2.72. The Bertz CT molecular complexity index is 799. The summed E-state index contributed by atoms with van der Waals surface area (Å²) in [5.41, 5.74) is 0.156. The Balaban J connectivity index is 1.88. The zero-order valence-corrected chi connectivity index (χ0v) is 13.5. The molecule has 3 rings (SSSR count). The van der Waals surface area contributed by atoms with Crippen molar-refractivity contribution in [1.29, 1.82) is 0 Å². The Kier molecular flexibility index (Phi) is 3.79. The molecule has 4 nitrogen and oxygen atoms in total. The number of carbonyl (C=O) groups excluding carboxylic acids is 1. The minimum Gasteiger partial charge on any atom is -0.478 e. The average Bonchev–Trinajstić information content (AvgIpc) is 3.11. The van der Waals surface area contributed by atoms with Crippen LogP contribution in [0.1, 0.15) is 31.8 Å². The molecule has 0 aliphatic heterocycles. The Morgan fingerprint density at radius 1 is 1.24 bits per heavy atom. The predicted molar refractivity (Wildman–Crippen MR) is 88.3 cm³/mol. The van der Waals surface area contributed by atoms with Crippen LogP contribution in [-0.2, 0) is 6.42 Å². The monoisotopic (exact) mass is 337 g/mol. The number of fused-ring (bicyclic) bond motifs is 1.